The van der Waals surface area contributed by atoms with Gasteiger partial charge in [0, 0.05) is 31.2 Å². The molecule has 0 amide bonds. The zero-order chi connectivity index (χ0) is 21.2. The highest BCUT2D eigenvalue weighted by atomic mass is 35.5. The molecule has 7 heteroatoms. The summed E-state index contributed by atoms with van der Waals surface area (Å²) in [5, 5.41) is 17.6. The van der Waals surface area contributed by atoms with Gasteiger partial charge in [-0.25, -0.2) is 0 Å². The highest BCUT2D eigenvalue weighted by Crippen LogP contribution is 2.27. The number of hydrogen-bond donors (Lipinski definition) is 4. The Hall–Kier alpha value is -2.35. The molecule has 5 rings (SSSR count). The number of nitrogens with one attached hydrogen (secondary N) is 4. The van der Waals surface area contributed by atoms with Gasteiger partial charge in [0.25, 0.3) is 0 Å². The van der Waals surface area contributed by atoms with Crippen molar-refractivity contribution in [3.63, 3.8) is 0 Å². The van der Waals surface area contributed by atoms with Crippen molar-refractivity contribution < 1.29 is 9.47 Å². The molecule has 3 aromatic rings. The SMILES string of the molecule is Clc1ccc(OCC2(C3(COc4ccc5ccccc5c4)NCCN3)NCCN2)cc1. The smallest absolute Gasteiger partial charge is 0.140 e. The fourth-order valence-electron chi connectivity index (χ4n) is 4.45. The molecule has 0 bridgehead atoms. The molecule has 0 aliphatic carbocycles. The molecule has 0 aromatic heterocycles. The first-order valence-corrected chi connectivity index (χ1v) is 11.1. The van der Waals surface area contributed by atoms with Crippen LogP contribution in [0.25, 0.3) is 10.8 Å². The van der Waals surface area contributed by atoms with Gasteiger partial charge in [0.15, 0.2) is 0 Å². The average molecular weight is 439 g/mol. The Labute approximate surface area is 187 Å². The highest BCUT2D eigenvalue weighted by Gasteiger charge is 2.56. The molecule has 0 unspecified atom stereocenters. The van der Waals surface area contributed by atoms with E-state index in [1.165, 1.54) is 10.8 Å². The minimum absolute atomic E-state index is 0.426. The van der Waals surface area contributed by atoms with E-state index in [-0.39, 0.29) is 0 Å². The number of hydrogen-bond acceptors (Lipinski definition) is 6. The van der Waals surface area contributed by atoms with Crippen LogP contribution in [0.5, 0.6) is 11.5 Å². The molecule has 6 nitrogen and oxygen atoms in total. The molecule has 31 heavy (non-hydrogen) atoms. The molecule has 2 fully saturated rings. The number of rotatable bonds is 7. The van der Waals surface area contributed by atoms with Crippen molar-refractivity contribution in [1.29, 1.82) is 0 Å². The molecule has 4 N–H and O–H groups in total. The van der Waals surface area contributed by atoms with Crippen molar-refractivity contribution in [1.82, 2.24) is 21.3 Å². The molecular formula is C24H27ClN4O2. The van der Waals surface area contributed by atoms with Crippen molar-refractivity contribution >= 4 is 22.4 Å². The van der Waals surface area contributed by atoms with E-state index in [9.17, 15) is 0 Å². The maximum Gasteiger partial charge on any atom is 0.140 e. The topological polar surface area (TPSA) is 66.6 Å². The predicted molar refractivity (Wildman–Crippen MR) is 124 cm³/mol. The van der Waals surface area contributed by atoms with Gasteiger partial charge >= 0.3 is 0 Å². The first kappa shape index (κ1) is 20.5. The van der Waals surface area contributed by atoms with Gasteiger partial charge in [0.2, 0.25) is 0 Å². The van der Waals surface area contributed by atoms with Crippen LogP contribution in [-0.2, 0) is 0 Å². The fraction of sp³-hybridized carbons (Fsp3) is 0.333. The molecular weight excluding hydrogens is 412 g/mol. The van der Waals surface area contributed by atoms with Gasteiger partial charge in [-0.2, -0.15) is 0 Å². The lowest BCUT2D eigenvalue weighted by molar-refractivity contribution is 0.0281. The minimum Gasteiger partial charge on any atom is -0.490 e. The van der Waals surface area contributed by atoms with Gasteiger partial charge in [-0.15, -0.1) is 0 Å². The largest absolute Gasteiger partial charge is 0.490 e. The lowest BCUT2D eigenvalue weighted by Gasteiger charge is -2.46. The predicted octanol–water partition coefficient (Wildman–Crippen LogP) is 2.73. The molecule has 2 aliphatic rings. The Morgan fingerprint density at radius 1 is 0.645 bits per heavy atom. The normalized spacial score (nSPS) is 19.5. The maximum absolute atomic E-state index is 6.33. The molecule has 0 atom stereocenters. The third-order valence-corrected chi connectivity index (χ3v) is 6.38. The Kier molecular flexibility index (Phi) is 5.73. The van der Waals surface area contributed by atoms with Crippen LogP contribution in [0.3, 0.4) is 0 Å². The number of fused-ring (bicyclic) bond motifs is 1. The van der Waals surface area contributed by atoms with Crippen molar-refractivity contribution in [2.24, 2.45) is 0 Å². The summed E-state index contributed by atoms with van der Waals surface area (Å²) in [5.74, 6) is 1.63. The number of ether oxygens (including phenoxy) is 2. The van der Waals surface area contributed by atoms with Gasteiger partial charge in [-0.05, 0) is 47.2 Å². The first-order chi connectivity index (χ1) is 15.2. The van der Waals surface area contributed by atoms with E-state index in [1.54, 1.807) is 0 Å². The molecule has 162 valence electrons. The fourth-order valence-corrected chi connectivity index (χ4v) is 4.58. The highest BCUT2D eigenvalue weighted by molar-refractivity contribution is 6.30. The molecule has 0 spiro atoms. The molecule has 3 aromatic carbocycles. The number of halogens is 1. The molecule has 2 saturated heterocycles. The van der Waals surface area contributed by atoms with E-state index in [1.807, 2.05) is 42.5 Å². The average Bonchev–Trinajstić information content (AvgIpc) is 3.49. The monoisotopic (exact) mass is 438 g/mol. The van der Waals surface area contributed by atoms with Crippen LogP contribution in [0.4, 0.5) is 0 Å². The lowest BCUT2D eigenvalue weighted by atomic mass is 9.94. The molecule has 0 saturated carbocycles. The second kappa shape index (κ2) is 8.65. The van der Waals surface area contributed by atoms with Crippen molar-refractivity contribution in [3.05, 3.63) is 71.8 Å². The van der Waals surface area contributed by atoms with Gasteiger partial charge < -0.3 is 9.47 Å². The Morgan fingerprint density at radius 3 is 1.77 bits per heavy atom. The van der Waals surface area contributed by atoms with E-state index in [4.69, 9.17) is 21.1 Å². The van der Waals surface area contributed by atoms with Crippen LogP contribution in [0, 0.1) is 0 Å². The van der Waals surface area contributed by atoms with E-state index in [0.29, 0.717) is 18.2 Å². The first-order valence-electron chi connectivity index (χ1n) is 10.7. The summed E-state index contributed by atoms with van der Waals surface area (Å²) in [6.45, 7) is 4.28. The van der Waals surface area contributed by atoms with Crippen molar-refractivity contribution in [3.8, 4) is 11.5 Å². The Balaban J connectivity index is 1.36. The van der Waals surface area contributed by atoms with Crippen LogP contribution >= 0.6 is 11.6 Å². The summed E-state index contributed by atoms with van der Waals surface area (Å²) in [6, 6.07) is 22.0. The quantitative estimate of drug-likeness (QED) is 0.455. The van der Waals surface area contributed by atoms with Crippen LogP contribution in [0.2, 0.25) is 5.02 Å². The van der Waals surface area contributed by atoms with Gasteiger partial charge in [0.05, 0.1) is 0 Å². The van der Waals surface area contributed by atoms with Crippen LogP contribution in [0.1, 0.15) is 0 Å². The second-order valence-electron chi connectivity index (χ2n) is 8.06. The van der Waals surface area contributed by atoms with Crippen LogP contribution in [0.15, 0.2) is 66.7 Å². The zero-order valence-corrected chi connectivity index (χ0v) is 18.0. The Bertz CT molecular complexity index is 1030. The summed E-state index contributed by atoms with van der Waals surface area (Å²) < 4.78 is 12.5. The number of benzene rings is 3. The maximum atomic E-state index is 6.33. The van der Waals surface area contributed by atoms with Crippen molar-refractivity contribution in [2.75, 3.05) is 39.4 Å². The zero-order valence-electron chi connectivity index (χ0n) is 17.3. The lowest BCUT2D eigenvalue weighted by Crippen LogP contribution is -2.79. The summed E-state index contributed by atoms with van der Waals surface area (Å²) in [4.78, 5) is 0. The third kappa shape index (κ3) is 4.10. The standard InChI is InChI=1S/C24H27ClN4O2/c25-20-6-9-21(10-7-20)30-16-23(26-11-12-27-23)24(28-13-14-29-24)17-31-22-8-5-18-3-1-2-4-19(18)15-22/h1-10,15,26-29H,11-14,16-17H2. The van der Waals surface area contributed by atoms with Gasteiger partial charge in [0.1, 0.15) is 36.0 Å². The van der Waals surface area contributed by atoms with Crippen LogP contribution in [-0.4, -0.2) is 50.7 Å². The van der Waals surface area contributed by atoms with Gasteiger partial charge in [-0.3, -0.25) is 21.3 Å². The summed E-state index contributed by atoms with van der Waals surface area (Å²) >= 11 is 6.01. The van der Waals surface area contributed by atoms with E-state index in [2.05, 4.69) is 45.5 Å². The molecule has 2 aliphatic heterocycles. The molecule has 2 heterocycles. The summed E-state index contributed by atoms with van der Waals surface area (Å²) in [6.07, 6.45) is 0. The van der Waals surface area contributed by atoms with E-state index >= 15 is 0 Å². The molecule has 0 radical (unpaired) electrons. The van der Waals surface area contributed by atoms with Crippen LogP contribution < -0.4 is 30.7 Å². The van der Waals surface area contributed by atoms with Gasteiger partial charge in [-0.1, -0.05) is 41.9 Å². The van der Waals surface area contributed by atoms with Crippen molar-refractivity contribution in [2.45, 2.75) is 11.3 Å². The van der Waals surface area contributed by atoms with E-state index < -0.39 is 11.3 Å². The third-order valence-electron chi connectivity index (χ3n) is 6.13. The minimum atomic E-state index is -0.528. The Morgan fingerprint density at radius 2 is 1.16 bits per heavy atom. The van der Waals surface area contributed by atoms with E-state index in [0.717, 1.165) is 37.7 Å². The summed E-state index contributed by atoms with van der Waals surface area (Å²) in [7, 11) is 0. The second-order valence-corrected chi connectivity index (χ2v) is 8.49. The summed E-state index contributed by atoms with van der Waals surface area (Å²) in [5.41, 5.74) is -1.05.